The van der Waals surface area contributed by atoms with Gasteiger partial charge >= 0.3 is 0 Å². The number of pyridine rings is 1. The lowest BCUT2D eigenvalue weighted by Crippen LogP contribution is -2.35. The van der Waals surface area contributed by atoms with Crippen LogP contribution in [-0.4, -0.2) is 42.1 Å². The Morgan fingerprint density at radius 3 is 2.65 bits per heavy atom. The van der Waals surface area contributed by atoms with Crippen LogP contribution >= 0.6 is 23.2 Å². The lowest BCUT2D eigenvalue weighted by atomic mass is 10.2. The summed E-state index contributed by atoms with van der Waals surface area (Å²) in [6, 6.07) is 2.31. The molecule has 2 fully saturated rings. The first-order valence-electron chi connectivity index (χ1n) is 7.00. The van der Waals surface area contributed by atoms with Crippen LogP contribution in [0, 0.1) is 0 Å². The number of hydrogen-bond acceptors (Lipinski definition) is 5. The van der Waals surface area contributed by atoms with Crippen molar-refractivity contribution in [2.45, 2.75) is 25.3 Å². The molecule has 110 valence electrons. The number of anilines is 2. The molecule has 2 aliphatic rings. The van der Waals surface area contributed by atoms with E-state index in [1.165, 1.54) is 25.9 Å². The minimum Gasteiger partial charge on any atom is -0.354 e. The predicted octanol–water partition coefficient (Wildman–Crippen LogP) is 2.35. The van der Waals surface area contributed by atoms with E-state index in [-0.39, 0.29) is 0 Å². The van der Waals surface area contributed by atoms with Gasteiger partial charge in [-0.25, -0.2) is 10.8 Å². The largest absolute Gasteiger partial charge is 0.354 e. The predicted molar refractivity (Wildman–Crippen MR) is 83.5 cm³/mol. The van der Waals surface area contributed by atoms with Crippen LogP contribution in [0.15, 0.2) is 6.07 Å². The highest BCUT2D eigenvalue weighted by Gasteiger charge is 2.31. The number of hydrazine groups is 1. The van der Waals surface area contributed by atoms with Gasteiger partial charge in [0.1, 0.15) is 5.82 Å². The van der Waals surface area contributed by atoms with Gasteiger partial charge in [-0.2, -0.15) is 0 Å². The van der Waals surface area contributed by atoms with Crippen LogP contribution in [-0.2, 0) is 0 Å². The van der Waals surface area contributed by atoms with Gasteiger partial charge in [0.2, 0.25) is 0 Å². The second-order valence-corrected chi connectivity index (χ2v) is 6.21. The number of nitrogens with two attached hydrogens (primary N) is 1. The third-order valence-electron chi connectivity index (χ3n) is 4.17. The average molecular weight is 316 g/mol. The van der Waals surface area contributed by atoms with Crippen LogP contribution in [0.1, 0.15) is 19.3 Å². The smallest absolute Gasteiger partial charge is 0.161 e. The van der Waals surface area contributed by atoms with E-state index in [1.54, 1.807) is 6.07 Å². The van der Waals surface area contributed by atoms with E-state index in [0.29, 0.717) is 21.9 Å². The first-order valence-corrected chi connectivity index (χ1v) is 7.76. The first kappa shape index (κ1) is 14.2. The Kier molecular flexibility index (Phi) is 4.21. The summed E-state index contributed by atoms with van der Waals surface area (Å²) in [4.78, 5) is 9.24. The van der Waals surface area contributed by atoms with Gasteiger partial charge in [0.25, 0.3) is 0 Å². The Hall–Kier alpha value is -0.750. The number of rotatable bonds is 3. The molecule has 0 spiro atoms. The third-order valence-corrected chi connectivity index (χ3v) is 4.73. The Labute approximate surface area is 129 Å². The van der Waals surface area contributed by atoms with E-state index < -0.39 is 0 Å². The minimum atomic E-state index is 0.441. The molecule has 0 radical (unpaired) electrons. The standard InChI is InChI=1S/C13H19Cl2N5/c14-10-7-11(15)13(17-12(10)18-16)20-6-3-9(8-20)19-4-1-2-5-19/h7,9H,1-6,8,16H2,(H,17,18). The monoisotopic (exact) mass is 315 g/mol. The first-order chi connectivity index (χ1) is 9.69. The summed E-state index contributed by atoms with van der Waals surface area (Å²) in [6.07, 6.45) is 3.79. The minimum absolute atomic E-state index is 0.441. The van der Waals surface area contributed by atoms with Crippen LogP contribution < -0.4 is 16.2 Å². The lowest BCUT2D eigenvalue weighted by molar-refractivity contribution is 0.260. The molecule has 2 aliphatic heterocycles. The molecule has 5 nitrogen and oxygen atoms in total. The van der Waals surface area contributed by atoms with Crippen molar-refractivity contribution in [3.63, 3.8) is 0 Å². The van der Waals surface area contributed by atoms with Crippen LogP contribution in [0.25, 0.3) is 0 Å². The quantitative estimate of drug-likeness (QED) is 0.662. The van der Waals surface area contributed by atoms with Gasteiger partial charge in [-0.15, -0.1) is 0 Å². The van der Waals surface area contributed by atoms with Gasteiger partial charge in [0.15, 0.2) is 5.82 Å². The van der Waals surface area contributed by atoms with Crippen molar-refractivity contribution in [3.05, 3.63) is 16.1 Å². The van der Waals surface area contributed by atoms with E-state index in [4.69, 9.17) is 29.0 Å². The molecule has 2 saturated heterocycles. The maximum atomic E-state index is 6.28. The van der Waals surface area contributed by atoms with Gasteiger partial charge in [-0.05, 0) is 38.4 Å². The van der Waals surface area contributed by atoms with Crippen LogP contribution in [0.2, 0.25) is 10.0 Å². The molecule has 0 amide bonds. The molecular formula is C13H19Cl2N5. The van der Waals surface area contributed by atoms with E-state index in [9.17, 15) is 0 Å². The Bertz CT molecular complexity index is 490. The molecule has 3 heterocycles. The van der Waals surface area contributed by atoms with E-state index in [1.807, 2.05) is 0 Å². The Morgan fingerprint density at radius 1 is 1.20 bits per heavy atom. The molecule has 1 aromatic rings. The number of nitrogens with zero attached hydrogens (tertiary/aromatic N) is 3. The number of hydrogen-bond donors (Lipinski definition) is 2. The topological polar surface area (TPSA) is 57.4 Å². The van der Waals surface area contributed by atoms with Gasteiger partial charge < -0.3 is 10.3 Å². The molecule has 0 saturated carbocycles. The number of nitrogen functional groups attached to an aromatic ring is 1. The molecule has 0 bridgehead atoms. The van der Waals surface area contributed by atoms with Crippen molar-refractivity contribution < 1.29 is 0 Å². The second-order valence-electron chi connectivity index (χ2n) is 5.40. The number of nitrogens with one attached hydrogen (secondary N) is 1. The normalized spacial score (nSPS) is 23.6. The molecule has 0 aromatic carbocycles. The highest BCUT2D eigenvalue weighted by atomic mass is 35.5. The molecule has 0 aliphatic carbocycles. The summed E-state index contributed by atoms with van der Waals surface area (Å²) in [6.45, 7) is 4.38. The summed E-state index contributed by atoms with van der Waals surface area (Å²) in [7, 11) is 0. The van der Waals surface area contributed by atoms with Crippen LogP contribution in [0.4, 0.5) is 11.6 Å². The van der Waals surface area contributed by atoms with Crippen molar-refractivity contribution in [1.29, 1.82) is 0 Å². The number of halogens is 2. The number of aromatic nitrogens is 1. The zero-order valence-electron chi connectivity index (χ0n) is 11.3. The molecule has 3 N–H and O–H groups in total. The van der Waals surface area contributed by atoms with Crippen molar-refractivity contribution >= 4 is 34.8 Å². The average Bonchev–Trinajstić information content (AvgIpc) is 3.09. The maximum Gasteiger partial charge on any atom is 0.161 e. The lowest BCUT2D eigenvalue weighted by Gasteiger charge is -2.24. The maximum absolute atomic E-state index is 6.28. The molecule has 3 rings (SSSR count). The van der Waals surface area contributed by atoms with Crippen molar-refractivity contribution in [2.24, 2.45) is 5.84 Å². The fourth-order valence-electron chi connectivity index (χ4n) is 3.12. The van der Waals surface area contributed by atoms with Crippen LogP contribution in [0.5, 0.6) is 0 Å². The highest BCUT2D eigenvalue weighted by molar-refractivity contribution is 6.37. The molecule has 20 heavy (non-hydrogen) atoms. The SMILES string of the molecule is NNc1nc(N2CCC(N3CCCC3)C2)c(Cl)cc1Cl. The van der Waals surface area contributed by atoms with Crippen molar-refractivity contribution in [2.75, 3.05) is 36.5 Å². The third kappa shape index (κ3) is 2.68. The molecule has 1 aromatic heterocycles. The van der Waals surface area contributed by atoms with Crippen molar-refractivity contribution in [1.82, 2.24) is 9.88 Å². The molecular weight excluding hydrogens is 297 g/mol. The van der Waals surface area contributed by atoms with Gasteiger partial charge in [0.05, 0.1) is 10.0 Å². The summed E-state index contributed by atoms with van der Waals surface area (Å²) in [5.74, 6) is 6.67. The zero-order valence-corrected chi connectivity index (χ0v) is 12.8. The van der Waals surface area contributed by atoms with Gasteiger partial charge in [0, 0.05) is 19.1 Å². The number of likely N-dealkylation sites (tertiary alicyclic amines) is 1. The van der Waals surface area contributed by atoms with Gasteiger partial charge in [-0.3, -0.25) is 4.90 Å². The summed E-state index contributed by atoms with van der Waals surface area (Å²) < 4.78 is 0. The molecule has 1 unspecified atom stereocenters. The Balaban J connectivity index is 1.76. The van der Waals surface area contributed by atoms with E-state index >= 15 is 0 Å². The second kappa shape index (κ2) is 5.93. The summed E-state index contributed by atoms with van der Waals surface area (Å²) in [5, 5.41) is 1.02. The fraction of sp³-hybridized carbons (Fsp3) is 0.615. The van der Waals surface area contributed by atoms with E-state index in [0.717, 1.165) is 25.3 Å². The molecule has 7 heteroatoms. The Morgan fingerprint density at radius 2 is 1.95 bits per heavy atom. The highest BCUT2D eigenvalue weighted by Crippen LogP contribution is 2.33. The zero-order chi connectivity index (χ0) is 14.1. The summed E-state index contributed by atoms with van der Waals surface area (Å²) in [5.41, 5.74) is 2.51. The van der Waals surface area contributed by atoms with E-state index in [2.05, 4.69) is 20.2 Å². The molecule has 1 atom stereocenters. The van der Waals surface area contributed by atoms with Crippen molar-refractivity contribution in [3.8, 4) is 0 Å². The fourth-order valence-corrected chi connectivity index (χ4v) is 3.65. The van der Waals surface area contributed by atoms with Crippen LogP contribution in [0.3, 0.4) is 0 Å². The van der Waals surface area contributed by atoms with Gasteiger partial charge in [-0.1, -0.05) is 23.2 Å². The summed E-state index contributed by atoms with van der Waals surface area (Å²) >= 11 is 12.3.